The van der Waals surface area contributed by atoms with Gasteiger partial charge in [-0.25, -0.2) is 0 Å². The van der Waals surface area contributed by atoms with Gasteiger partial charge in [-0.15, -0.1) is 12.4 Å². The summed E-state index contributed by atoms with van der Waals surface area (Å²) in [6, 6.07) is 5.51. The Hall–Kier alpha value is -1.26. The monoisotopic (exact) mass is 301 g/mol. The third-order valence-corrected chi connectivity index (χ3v) is 3.01. The van der Waals surface area contributed by atoms with Crippen LogP contribution in [0.1, 0.15) is 50.3 Å². The molecule has 20 heavy (non-hydrogen) atoms. The smallest absolute Gasteiger partial charge is 0.307 e. The van der Waals surface area contributed by atoms with Gasteiger partial charge in [0, 0.05) is 11.6 Å². The van der Waals surface area contributed by atoms with E-state index >= 15 is 0 Å². The fourth-order valence-electron chi connectivity index (χ4n) is 1.91. The number of halogens is 1. The van der Waals surface area contributed by atoms with Crippen LogP contribution in [0.2, 0.25) is 0 Å². The molecule has 0 aliphatic rings. The molecule has 1 rings (SSSR count). The molecule has 0 aliphatic carbocycles. The summed E-state index contributed by atoms with van der Waals surface area (Å²) < 4.78 is 10.2. The van der Waals surface area contributed by atoms with Crippen molar-refractivity contribution in [2.45, 2.75) is 39.2 Å². The molecular weight excluding hydrogens is 278 g/mol. The lowest BCUT2D eigenvalue weighted by Crippen LogP contribution is -2.18. The number of carbonyl (C=O) groups is 1. The van der Waals surface area contributed by atoms with E-state index < -0.39 is 6.04 Å². The van der Waals surface area contributed by atoms with Gasteiger partial charge >= 0.3 is 5.97 Å². The molecule has 0 aromatic heterocycles. The van der Waals surface area contributed by atoms with E-state index in [2.05, 4.69) is 13.8 Å². The van der Waals surface area contributed by atoms with E-state index in [4.69, 9.17) is 15.2 Å². The Morgan fingerprint density at radius 2 is 2.00 bits per heavy atom. The zero-order valence-corrected chi connectivity index (χ0v) is 13.3. The van der Waals surface area contributed by atoms with Crippen LogP contribution in [0.4, 0.5) is 0 Å². The molecule has 5 heteroatoms. The molecular formula is C15H24ClNO3. The molecule has 1 aromatic rings. The summed E-state index contributed by atoms with van der Waals surface area (Å²) in [5.74, 6) is 0.827. The van der Waals surface area contributed by atoms with Crippen molar-refractivity contribution < 1.29 is 14.3 Å². The average molecular weight is 302 g/mol. The van der Waals surface area contributed by atoms with Gasteiger partial charge in [0.25, 0.3) is 0 Å². The number of rotatable bonds is 6. The quantitative estimate of drug-likeness (QED) is 0.820. The Morgan fingerprint density at radius 3 is 2.50 bits per heavy atom. The maximum absolute atomic E-state index is 11.5. The van der Waals surface area contributed by atoms with Crippen molar-refractivity contribution in [1.29, 1.82) is 0 Å². The molecule has 1 aromatic carbocycles. The van der Waals surface area contributed by atoms with Crippen molar-refractivity contribution in [2.75, 3.05) is 13.7 Å². The van der Waals surface area contributed by atoms with E-state index in [0.717, 1.165) is 5.56 Å². The van der Waals surface area contributed by atoms with Gasteiger partial charge in [-0.05, 0) is 24.5 Å². The minimum Gasteiger partial charge on any atom is -0.496 e. The lowest BCUT2D eigenvalue weighted by atomic mass is 9.96. The molecule has 1 atom stereocenters. The molecule has 0 amide bonds. The van der Waals surface area contributed by atoms with E-state index in [1.54, 1.807) is 14.0 Å². The molecule has 0 unspecified atom stereocenters. The first-order valence-electron chi connectivity index (χ1n) is 6.58. The first kappa shape index (κ1) is 18.7. The van der Waals surface area contributed by atoms with Gasteiger partial charge in [0.05, 0.1) is 20.1 Å². The Labute approximate surface area is 127 Å². The molecule has 0 radical (unpaired) electrons. The van der Waals surface area contributed by atoms with Crippen molar-refractivity contribution >= 4 is 18.4 Å². The minimum atomic E-state index is -0.410. The van der Waals surface area contributed by atoms with Crippen LogP contribution >= 0.6 is 12.4 Å². The molecule has 0 saturated heterocycles. The number of hydrogen-bond acceptors (Lipinski definition) is 4. The number of nitrogens with two attached hydrogens (primary N) is 1. The van der Waals surface area contributed by atoms with Crippen LogP contribution in [-0.2, 0) is 9.53 Å². The number of hydrogen-bond donors (Lipinski definition) is 1. The van der Waals surface area contributed by atoms with Crippen molar-refractivity contribution in [1.82, 2.24) is 0 Å². The highest BCUT2D eigenvalue weighted by Crippen LogP contribution is 2.29. The van der Waals surface area contributed by atoms with Gasteiger partial charge < -0.3 is 15.2 Å². The maximum Gasteiger partial charge on any atom is 0.307 e. The second kappa shape index (κ2) is 8.82. The second-order valence-electron chi connectivity index (χ2n) is 4.77. The lowest BCUT2D eigenvalue weighted by molar-refractivity contribution is -0.143. The lowest BCUT2D eigenvalue weighted by Gasteiger charge is -2.17. The topological polar surface area (TPSA) is 61.5 Å². The van der Waals surface area contributed by atoms with Crippen LogP contribution in [0.15, 0.2) is 18.2 Å². The minimum absolute atomic E-state index is 0. The summed E-state index contributed by atoms with van der Waals surface area (Å²) in [5.41, 5.74) is 8.12. The van der Waals surface area contributed by atoms with E-state index in [0.29, 0.717) is 18.3 Å². The summed E-state index contributed by atoms with van der Waals surface area (Å²) >= 11 is 0. The Balaban J connectivity index is 0.00000361. The molecule has 0 spiro atoms. The molecule has 0 aliphatic heterocycles. The van der Waals surface area contributed by atoms with Gasteiger partial charge in [-0.2, -0.15) is 0 Å². The van der Waals surface area contributed by atoms with Gasteiger partial charge in [0.15, 0.2) is 0 Å². The number of methoxy groups -OCH3 is 1. The number of esters is 1. The zero-order chi connectivity index (χ0) is 14.4. The van der Waals surface area contributed by atoms with E-state index in [9.17, 15) is 4.79 Å². The van der Waals surface area contributed by atoms with Crippen LogP contribution < -0.4 is 10.5 Å². The summed E-state index contributed by atoms with van der Waals surface area (Å²) in [6.45, 7) is 6.38. The highest BCUT2D eigenvalue weighted by atomic mass is 35.5. The largest absolute Gasteiger partial charge is 0.496 e. The Kier molecular flexibility index (Phi) is 8.26. The van der Waals surface area contributed by atoms with Crippen LogP contribution in [0, 0.1) is 0 Å². The Morgan fingerprint density at radius 1 is 1.35 bits per heavy atom. The summed E-state index contributed by atoms with van der Waals surface area (Å²) in [7, 11) is 1.60. The molecule has 0 fully saturated rings. The van der Waals surface area contributed by atoms with Gasteiger partial charge in [0.1, 0.15) is 5.75 Å². The highest BCUT2D eigenvalue weighted by Gasteiger charge is 2.17. The second-order valence-corrected chi connectivity index (χ2v) is 4.77. The average Bonchev–Trinajstić information content (AvgIpc) is 2.37. The van der Waals surface area contributed by atoms with Crippen molar-refractivity contribution in [3.8, 4) is 5.75 Å². The fourth-order valence-corrected chi connectivity index (χ4v) is 1.91. The van der Waals surface area contributed by atoms with Gasteiger partial charge in [-0.3, -0.25) is 4.79 Å². The number of benzene rings is 1. The van der Waals surface area contributed by atoms with E-state index in [-0.39, 0.29) is 24.8 Å². The van der Waals surface area contributed by atoms with Crippen molar-refractivity contribution in [3.05, 3.63) is 29.3 Å². The fraction of sp³-hybridized carbons (Fsp3) is 0.533. The van der Waals surface area contributed by atoms with E-state index in [1.165, 1.54) is 5.56 Å². The summed E-state index contributed by atoms with van der Waals surface area (Å²) in [4.78, 5) is 11.5. The predicted octanol–water partition coefficient (Wildman–Crippen LogP) is 3.19. The highest BCUT2D eigenvalue weighted by molar-refractivity contribution is 5.85. The number of carbonyl (C=O) groups excluding carboxylic acids is 1. The van der Waals surface area contributed by atoms with Crippen LogP contribution in [0.5, 0.6) is 5.75 Å². The number of ether oxygens (including phenoxy) is 2. The Bertz CT molecular complexity index is 435. The van der Waals surface area contributed by atoms with E-state index in [1.807, 2.05) is 18.2 Å². The summed E-state index contributed by atoms with van der Waals surface area (Å²) in [5, 5.41) is 0. The molecule has 114 valence electrons. The molecule has 0 saturated carbocycles. The first-order valence-corrected chi connectivity index (χ1v) is 6.58. The van der Waals surface area contributed by atoms with Crippen LogP contribution in [0.25, 0.3) is 0 Å². The summed E-state index contributed by atoms with van der Waals surface area (Å²) in [6.07, 6.45) is 0.158. The maximum atomic E-state index is 11.5. The first-order chi connectivity index (χ1) is 8.99. The molecule has 0 bridgehead atoms. The van der Waals surface area contributed by atoms with Gasteiger partial charge in [0.2, 0.25) is 0 Å². The molecule has 4 nitrogen and oxygen atoms in total. The van der Waals surface area contributed by atoms with Gasteiger partial charge in [-0.1, -0.05) is 26.0 Å². The van der Waals surface area contributed by atoms with Crippen molar-refractivity contribution in [3.63, 3.8) is 0 Å². The van der Waals surface area contributed by atoms with Crippen LogP contribution in [0.3, 0.4) is 0 Å². The molecule has 2 N–H and O–H groups in total. The van der Waals surface area contributed by atoms with Crippen molar-refractivity contribution in [2.24, 2.45) is 5.73 Å². The predicted molar refractivity (Wildman–Crippen MR) is 82.5 cm³/mol. The third kappa shape index (κ3) is 5.02. The SMILES string of the molecule is CCOC(=O)C[C@@H](N)c1cc(C(C)C)ccc1OC.Cl. The zero-order valence-electron chi connectivity index (χ0n) is 12.5. The normalized spacial score (nSPS) is 11.7. The van der Waals surface area contributed by atoms with Crippen LogP contribution in [-0.4, -0.2) is 19.7 Å². The molecule has 0 heterocycles. The third-order valence-electron chi connectivity index (χ3n) is 3.01. The standard InChI is InChI=1S/C15H23NO3.ClH/c1-5-19-15(17)9-13(16)12-8-11(10(2)3)6-7-14(12)18-4;/h6-8,10,13H,5,9,16H2,1-4H3;1H/t13-;/m1./s1.